The average molecular weight is 598 g/mol. The van der Waals surface area contributed by atoms with Crippen molar-refractivity contribution in [1.29, 1.82) is 0 Å². The van der Waals surface area contributed by atoms with Crippen LogP contribution >= 0.6 is 0 Å². The summed E-state index contributed by atoms with van der Waals surface area (Å²) < 4.78 is 80.3. The summed E-state index contributed by atoms with van der Waals surface area (Å²) in [6, 6.07) is 8.90. The van der Waals surface area contributed by atoms with Crippen LogP contribution in [0.2, 0.25) is 0 Å². The Kier molecular flexibility index (Phi) is 8.41. The van der Waals surface area contributed by atoms with Gasteiger partial charge in [-0.05, 0) is 31.4 Å². The molecule has 10 nitrogen and oxygen atoms in total. The lowest BCUT2D eigenvalue weighted by Crippen LogP contribution is -2.14. The minimum atomic E-state index is -4.05. The molecule has 0 aliphatic heterocycles. The number of aliphatic hydroxyl groups is 3. The monoisotopic (exact) mass is 597 g/mol. The molecular weight excluding hydrogens is 566 g/mol. The SMILES string of the molecule is CNc1cc(S(=O)(=O)CCCO)c2ccc3c(S(=O)(=O)CCCO)cc(S(=O)(=O)CCCO)c4ccc1c2c43. The molecule has 0 unspecified atom stereocenters. The Morgan fingerprint density at radius 2 is 0.897 bits per heavy atom. The van der Waals surface area contributed by atoms with Crippen molar-refractivity contribution in [3.05, 3.63) is 36.4 Å². The standard InChI is InChI=1S/C26H31NO9S3/c1-27-21-15-22(37(31,32)12-2-9-28)18-7-8-20-24(39(35,36)14-4-11-30)16-23(38(33,34)13-3-10-29)19-6-5-17(21)25(18)26(19)20/h5-8,15-16,27-30H,2-4,9-14H2,1H3. The third-order valence-electron chi connectivity index (χ3n) is 6.77. The first-order valence-electron chi connectivity index (χ1n) is 12.4. The van der Waals surface area contributed by atoms with Gasteiger partial charge in [-0.25, -0.2) is 25.3 Å². The van der Waals surface area contributed by atoms with Crippen LogP contribution in [0.4, 0.5) is 5.69 Å². The zero-order valence-electron chi connectivity index (χ0n) is 21.3. The zero-order valence-corrected chi connectivity index (χ0v) is 23.8. The number of anilines is 1. The maximum Gasteiger partial charge on any atom is 0.179 e. The Bertz CT molecular complexity index is 1790. The highest BCUT2D eigenvalue weighted by atomic mass is 32.2. The Labute approximate surface area is 227 Å². The van der Waals surface area contributed by atoms with Crippen molar-refractivity contribution >= 4 is 67.5 Å². The van der Waals surface area contributed by atoms with Gasteiger partial charge in [0.15, 0.2) is 29.5 Å². The van der Waals surface area contributed by atoms with E-state index >= 15 is 0 Å². The van der Waals surface area contributed by atoms with Gasteiger partial charge in [-0.1, -0.05) is 24.3 Å². The van der Waals surface area contributed by atoms with Gasteiger partial charge in [-0.15, -0.1) is 0 Å². The third-order valence-corrected chi connectivity index (χ3v) is 12.3. The van der Waals surface area contributed by atoms with E-state index in [1.165, 1.54) is 18.2 Å². The number of rotatable bonds is 13. The fourth-order valence-electron chi connectivity index (χ4n) is 4.97. The summed E-state index contributed by atoms with van der Waals surface area (Å²) >= 11 is 0. The third kappa shape index (κ3) is 5.31. The number of aliphatic hydroxyl groups excluding tert-OH is 3. The van der Waals surface area contributed by atoms with E-state index in [4.69, 9.17) is 0 Å². The normalized spacial score (nSPS) is 13.1. The molecule has 0 radical (unpaired) electrons. The fourth-order valence-corrected chi connectivity index (χ4v) is 9.64. The fraction of sp³-hybridized carbons (Fsp3) is 0.385. The quantitative estimate of drug-likeness (QED) is 0.167. The molecule has 4 N–H and O–H groups in total. The molecule has 4 aromatic carbocycles. The number of benzene rings is 4. The molecule has 0 amide bonds. The van der Waals surface area contributed by atoms with E-state index in [1.807, 2.05) is 0 Å². The maximum atomic E-state index is 13.4. The zero-order chi connectivity index (χ0) is 28.6. The number of sulfone groups is 3. The summed E-state index contributed by atoms with van der Waals surface area (Å²) in [7, 11) is -10.4. The predicted octanol–water partition coefficient (Wildman–Crippen LogP) is 2.09. The van der Waals surface area contributed by atoms with Crippen LogP contribution in [-0.2, 0) is 29.5 Å². The first-order chi connectivity index (χ1) is 18.4. The van der Waals surface area contributed by atoms with Crippen LogP contribution in [-0.4, -0.2) is 84.7 Å². The first-order valence-corrected chi connectivity index (χ1v) is 17.4. The van der Waals surface area contributed by atoms with E-state index in [1.54, 1.807) is 19.2 Å². The molecule has 39 heavy (non-hydrogen) atoms. The first kappa shape index (κ1) is 29.4. The second-order valence-electron chi connectivity index (χ2n) is 9.30. The van der Waals surface area contributed by atoms with Crippen molar-refractivity contribution in [3.8, 4) is 0 Å². The minimum Gasteiger partial charge on any atom is -0.396 e. The van der Waals surface area contributed by atoms with E-state index in [0.717, 1.165) is 6.07 Å². The van der Waals surface area contributed by atoms with Gasteiger partial charge < -0.3 is 20.6 Å². The molecule has 0 spiro atoms. The lowest BCUT2D eigenvalue weighted by molar-refractivity contribution is 0.295. The Balaban J connectivity index is 2.24. The van der Waals surface area contributed by atoms with Gasteiger partial charge in [0.2, 0.25) is 0 Å². The van der Waals surface area contributed by atoms with Crippen LogP contribution in [0.3, 0.4) is 0 Å². The van der Waals surface area contributed by atoms with Crippen molar-refractivity contribution in [2.45, 2.75) is 33.9 Å². The summed E-state index contributed by atoms with van der Waals surface area (Å²) in [5.41, 5.74) is 0.456. The van der Waals surface area contributed by atoms with Crippen LogP contribution in [0.25, 0.3) is 32.3 Å². The molecule has 13 heteroatoms. The molecule has 4 aromatic rings. The highest BCUT2D eigenvalue weighted by molar-refractivity contribution is 7.92. The lowest BCUT2D eigenvalue weighted by atomic mass is 9.93. The molecule has 0 aliphatic carbocycles. The lowest BCUT2D eigenvalue weighted by Gasteiger charge is -2.20. The number of nitrogens with one attached hydrogen (secondary N) is 1. The van der Waals surface area contributed by atoms with Crippen LogP contribution < -0.4 is 5.32 Å². The molecule has 0 saturated carbocycles. The smallest absolute Gasteiger partial charge is 0.179 e. The molecule has 0 aromatic heterocycles. The summed E-state index contributed by atoms with van der Waals surface area (Å²) in [6.45, 7) is -1.05. The number of hydrogen-bond acceptors (Lipinski definition) is 10. The molecule has 0 heterocycles. The van der Waals surface area contributed by atoms with E-state index in [-0.39, 0.29) is 70.3 Å². The van der Waals surface area contributed by atoms with Crippen LogP contribution in [0.1, 0.15) is 19.3 Å². The van der Waals surface area contributed by atoms with E-state index in [0.29, 0.717) is 27.2 Å². The van der Waals surface area contributed by atoms with Crippen LogP contribution in [0.5, 0.6) is 0 Å². The van der Waals surface area contributed by atoms with Gasteiger partial charge in [-0.2, -0.15) is 0 Å². The van der Waals surface area contributed by atoms with Gasteiger partial charge in [0.1, 0.15) is 0 Å². The topological polar surface area (TPSA) is 175 Å². The highest BCUT2D eigenvalue weighted by Crippen LogP contribution is 2.45. The van der Waals surface area contributed by atoms with E-state index in [2.05, 4.69) is 5.32 Å². The molecule has 0 saturated heterocycles. The summed E-state index contributed by atoms with van der Waals surface area (Å²) in [5, 5.41) is 32.8. The Hall–Kier alpha value is -2.55. The van der Waals surface area contributed by atoms with Crippen molar-refractivity contribution in [1.82, 2.24) is 0 Å². The second kappa shape index (κ2) is 11.1. The van der Waals surface area contributed by atoms with Gasteiger partial charge in [-0.3, -0.25) is 0 Å². The number of hydrogen-bond donors (Lipinski definition) is 4. The Morgan fingerprint density at radius 3 is 1.26 bits per heavy atom. The van der Waals surface area contributed by atoms with Crippen LogP contribution in [0, 0.1) is 0 Å². The summed E-state index contributed by atoms with van der Waals surface area (Å²) in [4.78, 5) is -0.458. The molecular formula is C26H31NO9S3. The minimum absolute atomic E-state index is 0.0135. The Morgan fingerprint density at radius 1 is 0.564 bits per heavy atom. The van der Waals surface area contributed by atoms with Gasteiger partial charge in [0, 0.05) is 64.9 Å². The van der Waals surface area contributed by atoms with Crippen molar-refractivity contribution in [2.75, 3.05) is 49.4 Å². The molecule has 0 fully saturated rings. The van der Waals surface area contributed by atoms with Crippen molar-refractivity contribution < 1.29 is 40.6 Å². The largest absolute Gasteiger partial charge is 0.396 e. The van der Waals surface area contributed by atoms with Crippen LogP contribution in [0.15, 0.2) is 51.1 Å². The van der Waals surface area contributed by atoms with Gasteiger partial charge >= 0.3 is 0 Å². The van der Waals surface area contributed by atoms with Gasteiger partial charge in [0.05, 0.1) is 31.9 Å². The highest BCUT2D eigenvalue weighted by Gasteiger charge is 2.29. The van der Waals surface area contributed by atoms with E-state index < -0.39 is 41.0 Å². The van der Waals surface area contributed by atoms with Crippen molar-refractivity contribution in [3.63, 3.8) is 0 Å². The summed E-state index contributed by atoms with van der Waals surface area (Å²) in [6.07, 6.45) is -0.0676. The van der Waals surface area contributed by atoms with Gasteiger partial charge in [0.25, 0.3) is 0 Å². The van der Waals surface area contributed by atoms with Crippen molar-refractivity contribution in [2.24, 2.45) is 0 Å². The predicted molar refractivity (Wildman–Crippen MR) is 151 cm³/mol. The maximum absolute atomic E-state index is 13.4. The molecule has 212 valence electrons. The molecule has 0 atom stereocenters. The molecule has 4 rings (SSSR count). The second-order valence-corrected chi connectivity index (χ2v) is 15.5. The molecule has 0 aliphatic rings. The summed E-state index contributed by atoms with van der Waals surface area (Å²) in [5.74, 6) is -1.13. The van der Waals surface area contributed by atoms with E-state index in [9.17, 15) is 40.6 Å². The average Bonchev–Trinajstić information content (AvgIpc) is 2.91. The molecule has 0 bridgehead atoms.